The summed E-state index contributed by atoms with van der Waals surface area (Å²) in [5, 5.41) is 2.23. The van der Waals surface area contributed by atoms with Gasteiger partial charge >= 0.3 is 14.9 Å². The van der Waals surface area contributed by atoms with E-state index in [4.69, 9.17) is 35.1 Å². The molecule has 1 unspecified atom stereocenters. The van der Waals surface area contributed by atoms with Gasteiger partial charge in [0, 0.05) is 44.0 Å². The van der Waals surface area contributed by atoms with Crippen LogP contribution in [0.3, 0.4) is 0 Å². The summed E-state index contributed by atoms with van der Waals surface area (Å²) in [7, 11) is 2.08. The van der Waals surface area contributed by atoms with E-state index in [0.29, 0.717) is 19.1 Å². The minimum atomic E-state index is -2.56. The first-order valence-corrected chi connectivity index (χ1v) is 8.49. The predicted molar refractivity (Wildman–Crippen MR) is 77.2 cm³/mol. The third kappa shape index (κ3) is 8.89. The summed E-state index contributed by atoms with van der Waals surface area (Å²) in [6, 6.07) is 0.620. The largest absolute Gasteiger partial charge is 0.500 e. The molecule has 0 bridgehead atoms. The maximum Gasteiger partial charge on any atom is 0.500 e. The lowest BCUT2D eigenvalue weighted by Crippen LogP contribution is -2.42. The number of carbonyl (C=O) groups is 1. The average molecular weight is 342 g/mol. The molecule has 0 radical (unpaired) electrons. The zero-order valence-corrected chi connectivity index (χ0v) is 14.0. The van der Waals surface area contributed by atoms with Crippen LogP contribution in [0, 0.1) is 0 Å². The zero-order valence-electron chi connectivity index (χ0n) is 12.3. The molecular formula is C10H20ClN3O6Si. The summed E-state index contributed by atoms with van der Waals surface area (Å²) in [5.41, 5.74) is 8.00. The highest BCUT2D eigenvalue weighted by Crippen LogP contribution is 2.14. The fraction of sp³-hybridized carbons (Fsp3) is 0.900. The van der Waals surface area contributed by atoms with Gasteiger partial charge in [-0.1, -0.05) is 0 Å². The van der Waals surface area contributed by atoms with Crippen molar-refractivity contribution < 1.29 is 27.5 Å². The Morgan fingerprint density at radius 2 is 1.90 bits per heavy atom. The molecule has 0 aromatic rings. The lowest BCUT2D eigenvalue weighted by Gasteiger charge is -2.24. The van der Waals surface area contributed by atoms with Crippen LogP contribution < -0.4 is 0 Å². The van der Waals surface area contributed by atoms with Gasteiger partial charge in [0.2, 0.25) is 0 Å². The van der Waals surface area contributed by atoms with E-state index < -0.39 is 20.3 Å². The summed E-state index contributed by atoms with van der Waals surface area (Å²) < 4.78 is 25.7. The Hall–Kier alpha value is -0.873. The van der Waals surface area contributed by atoms with Gasteiger partial charge in [-0.2, -0.15) is 0 Å². The van der Waals surface area contributed by atoms with E-state index in [1.54, 1.807) is 21.3 Å². The van der Waals surface area contributed by atoms with Gasteiger partial charge in [0.1, 0.15) is 6.61 Å². The molecule has 122 valence electrons. The Balaban J connectivity index is 3.75. The molecule has 0 aliphatic carbocycles. The van der Waals surface area contributed by atoms with Gasteiger partial charge < -0.3 is 22.8 Å². The summed E-state index contributed by atoms with van der Waals surface area (Å²) in [5.74, 6) is 0. The Kier molecular flexibility index (Phi) is 11.3. The number of azide groups is 1. The Labute approximate surface area is 129 Å². The van der Waals surface area contributed by atoms with Crippen molar-refractivity contribution in [3.05, 3.63) is 10.4 Å². The standard InChI is InChI=1S/C10H20ClN3O6Si/c1-16-21(17-2,18-3)6-4-5-19-7-9(11)8-20-10(15)13-14-12/h9H,4-8H2,1-3H3. The van der Waals surface area contributed by atoms with E-state index in [1.807, 2.05) is 0 Å². The second-order valence-corrected chi connectivity index (χ2v) is 7.55. The molecule has 0 N–H and O–H groups in total. The molecule has 9 nitrogen and oxygen atoms in total. The van der Waals surface area contributed by atoms with Crippen molar-refractivity contribution in [1.29, 1.82) is 0 Å². The Morgan fingerprint density at radius 3 is 2.43 bits per heavy atom. The van der Waals surface area contributed by atoms with Gasteiger partial charge in [0.25, 0.3) is 0 Å². The second-order valence-electron chi connectivity index (χ2n) is 3.84. The molecule has 0 saturated carbocycles. The van der Waals surface area contributed by atoms with Crippen LogP contribution in [0.4, 0.5) is 4.79 Å². The van der Waals surface area contributed by atoms with E-state index in [9.17, 15) is 4.79 Å². The maximum absolute atomic E-state index is 10.8. The molecule has 0 fully saturated rings. The topological polar surface area (TPSA) is 112 Å². The molecule has 0 saturated heterocycles. The molecule has 0 spiro atoms. The molecule has 0 rings (SSSR count). The summed E-state index contributed by atoms with van der Waals surface area (Å²) in [4.78, 5) is 13.0. The van der Waals surface area contributed by atoms with Crippen LogP contribution in [0.1, 0.15) is 6.42 Å². The minimum Gasteiger partial charge on any atom is -0.459 e. The SMILES string of the molecule is CO[Si](CCCOCC(Cl)COC(=O)N=[N+]=[N-])(OC)OC. The van der Waals surface area contributed by atoms with Gasteiger partial charge in [-0.25, -0.2) is 4.79 Å². The third-order valence-corrected chi connectivity index (χ3v) is 5.60. The van der Waals surface area contributed by atoms with E-state index >= 15 is 0 Å². The highest BCUT2D eigenvalue weighted by molar-refractivity contribution is 6.60. The molecule has 0 aromatic carbocycles. The molecule has 0 aliphatic rings. The van der Waals surface area contributed by atoms with Gasteiger partial charge in [0.05, 0.1) is 12.0 Å². The van der Waals surface area contributed by atoms with E-state index in [0.717, 1.165) is 0 Å². The highest BCUT2D eigenvalue weighted by atomic mass is 35.5. The van der Waals surface area contributed by atoms with Crippen LogP contribution in [-0.4, -0.2) is 61.4 Å². The van der Waals surface area contributed by atoms with E-state index in [2.05, 4.69) is 14.8 Å². The van der Waals surface area contributed by atoms with Crippen molar-refractivity contribution in [3.63, 3.8) is 0 Å². The number of rotatable bonds is 11. The van der Waals surface area contributed by atoms with Crippen molar-refractivity contribution in [1.82, 2.24) is 0 Å². The molecule has 1 atom stereocenters. The predicted octanol–water partition coefficient (Wildman–Crippen LogP) is 2.33. The normalized spacial score (nSPS) is 12.6. The van der Waals surface area contributed by atoms with E-state index in [-0.39, 0.29) is 13.2 Å². The monoisotopic (exact) mass is 341 g/mol. The molecule has 0 heterocycles. The Morgan fingerprint density at radius 1 is 1.29 bits per heavy atom. The highest BCUT2D eigenvalue weighted by Gasteiger charge is 2.36. The van der Waals surface area contributed by atoms with Gasteiger partial charge in [-0.3, -0.25) is 0 Å². The van der Waals surface area contributed by atoms with Crippen molar-refractivity contribution in [2.75, 3.05) is 41.2 Å². The molecule has 1 amide bonds. The quantitative estimate of drug-likeness (QED) is 0.142. The van der Waals surface area contributed by atoms with Crippen molar-refractivity contribution in [3.8, 4) is 0 Å². The molecular weight excluding hydrogens is 322 g/mol. The fourth-order valence-electron chi connectivity index (χ4n) is 1.43. The van der Waals surface area contributed by atoms with Crippen molar-refractivity contribution in [2.24, 2.45) is 5.11 Å². The first kappa shape index (κ1) is 20.1. The fourth-order valence-corrected chi connectivity index (χ4v) is 3.28. The lowest BCUT2D eigenvalue weighted by molar-refractivity contribution is 0.0962. The van der Waals surface area contributed by atoms with Gasteiger partial charge in [0.15, 0.2) is 0 Å². The summed E-state index contributed by atoms with van der Waals surface area (Å²) in [6.07, 6.45) is -0.330. The molecule has 0 aliphatic heterocycles. The van der Waals surface area contributed by atoms with Crippen LogP contribution in [0.15, 0.2) is 5.11 Å². The third-order valence-electron chi connectivity index (χ3n) is 2.52. The number of halogens is 1. The molecule has 21 heavy (non-hydrogen) atoms. The second kappa shape index (κ2) is 11.8. The van der Waals surface area contributed by atoms with Gasteiger partial charge in [-0.05, 0) is 12.0 Å². The summed E-state index contributed by atoms with van der Waals surface area (Å²) in [6.45, 7) is 0.553. The maximum atomic E-state index is 10.8. The number of hydrogen-bond donors (Lipinski definition) is 0. The Bertz CT molecular complexity index is 343. The summed E-state index contributed by atoms with van der Waals surface area (Å²) >= 11 is 5.87. The van der Waals surface area contributed by atoms with E-state index in [1.165, 1.54) is 0 Å². The van der Waals surface area contributed by atoms with Crippen LogP contribution in [0.2, 0.25) is 6.04 Å². The smallest absolute Gasteiger partial charge is 0.459 e. The number of hydrogen-bond acceptors (Lipinski definition) is 6. The average Bonchev–Trinajstić information content (AvgIpc) is 2.50. The number of ether oxygens (including phenoxy) is 2. The lowest BCUT2D eigenvalue weighted by atomic mass is 10.4. The van der Waals surface area contributed by atoms with Crippen LogP contribution in [-0.2, 0) is 22.8 Å². The first-order valence-electron chi connectivity index (χ1n) is 6.12. The van der Waals surface area contributed by atoms with Crippen molar-refractivity contribution in [2.45, 2.75) is 17.8 Å². The van der Waals surface area contributed by atoms with Crippen LogP contribution in [0.25, 0.3) is 10.4 Å². The number of nitrogens with zero attached hydrogens (tertiary/aromatic N) is 3. The number of amides is 1. The first-order chi connectivity index (χ1) is 10.0. The number of carbonyl (C=O) groups excluding carboxylic acids is 1. The molecule has 11 heteroatoms. The van der Waals surface area contributed by atoms with Crippen molar-refractivity contribution >= 4 is 26.5 Å². The van der Waals surface area contributed by atoms with Crippen LogP contribution in [0.5, 0.6) is 0 Å². The molecule has 0 aromatic heterocycles. The van der Waals surface area contributed by atoms with Crippen LogP contribution >= 0.6 is 11.6 Å². The number of alkyl halides is 1. The minimum absolute atomic E-state index is 0.0910. The zero-order chi connectivity index (χ0) is 16.1. The van der Waals surface area contributed by atoms with Gasteiger partial charge in [-0.15, -0.1) is 11.6 Å².